The summed E-state index contributed by atoms with van der Waals surface area (Å²) in [6.45, 7) is 2.05. The SMILES string of the molecule is Cc1cc(SCC(=O)Nc2ccc(NC(=O)c3cccs3)cc2)nc2ccccc12. The summed E-state index contributed by atoms with van der Waals surface area (Å²) < 4.78 is 0. The van der Waals surface area contributed by atoms with Crippen molar-refractivity contribution in [3.05, 3.63) is 82.6 Å². The largest absolute Gasteiger partial charge is 0.325 e. The molecule has 2 amide bonds. The highest BCUT2D eigenvalue weighted by Gasteiger charge is 2.09. The highest BCUT2D eigenvalue weighted by molar-refractivity contribution is 7.99. The summed E-state index contributed by atoms with van der Waals surface area (Å²) in [5.74, 6) is 0.0149. The fourth-order valence-electron chi connectivity index (χ4n) is 2.97. The van der Waals surface area contributed by atoms with Crippen LogP contribution in [-0.4, -0.2) is 22.6 Å². The molecule has 2 aromatic heterocycles. The van der Waals surface area contributed by atoms with Crippen molar-refractivity contribution in [3.63, 3.8) is 0 Å². The van der Waals surface area contributed by atoms with Gasteiger partial charge in [-0.1, -0.05) is 36.0 Å². The first kappa shape index (κ1) is 20.1. The molecule has 0 saturated carbocycles. The molecule has 0 fully saturated rings. The van der Waals surface area contributed by atoms with Gasteiger partial charge in [0.2, 0.25) is 5.91 Å². The van der Waals surface area contributed by atoms with Gasteiger partial charge in [-0.3, -0.25) is 9.59 Å². The van der Waals surface area contributed by atoms with Crippen LogP contribution in [0.25, 0.3) is 10.9 Å². The second-order valence-electron chi connectivity index (χ2n) is 6.64. The van der Waals surface area contributed by atoms with Crippen LogP contribution in [0.5, 0.6) is 0 Å². The predicted octanol–water partition coefficient (Wildman–Crippen LogP) is 5.59. The van der Waals surface area contributed by atoms with E-state index in [1.807, 2.05) is 48.7 Å². The van der Waals surface area contributed by atoms with Gasteiger partial charge in [0.25, 0.3) is 5.91 Å². The maximum absolute atomic E-state index is 12.3. The second kappa shape index (κ2) is 9.11. The van der Waals surface area contributed by atoms with Crippen LogP contribution in [0.1, 0.15) is 15.2 Å². The fourth-order valence-corrected chi connectivity index (χ4v) is 4.36. The van der Waals surface area contributed by atoms with Crippen LogP contribution in [-0.2, 0) is 4.79 Å². The number of thioether (sulfide) groups is 1. The van der Waals surface area contributed by atoms with E-state index >= 15 is 0 Å². The van der Waals surface area contributed by atoms with Crippen molar-refractivity contribution < 1.29 is 9.59 Å². The number of amides is 2. The van der Waals surface area contributed by atoms with Gasteiger partial charge in [0.05, 0.1) is 21.2 Å². The van der Waals surface area contributed by atoms with Crippen molar-refractivity contribution in [3.8, 4) is 0 Å². The summed E-state index contributed by atoms with van der Waals surface area (Å²) in [5.41, 5.74) is 3.43. The second-order valence-corrected chi connectivity index (χ2v) is 8.58. The van der Waals surface area contributed by atoms with Gasteiger partial charge in [-0.15, -0.1) is 11.3 Å². The normalized spacial score (nSPS) is 10.7. The Morgan fingerprint density at radius 3 is 2.43 bits per heavy atom. The number of aromatic nitrogens is 1. The summed E-state index contributed by atoms with van der Waals surface area (Å²) in [6, 6.07) is 20.7. The van der Waals surface area contributed by atoms with E-state index in [0.717, 1.165) is 21.5 Å². The summed E-state index contributed by atoms with van der Waals surface area (Å²) >= 11 is 2.80. The topological polar surface area (TPSA) is 71.1 Å². The van der Waals surface area contributed by atoms with Gasteiger partial charge in [0.15, 0.2) is 0 Å². The highest BCUT2D eigenvalue weighted by Crippen LogP contribution is 2.24. The van der Waals surface area contributed by atoms with Crippen molar-refractivity contribution in [1.29, 1.82) is 0 Å². The monoisotopic (exact) mass is 433 g/mol. The molecule has 2 aromatic carbocycles. The highest BCUT2D eigenvalue weighted by atomic mass is 32.2. The average Bonchev–Trinajstić information content (AvgIpc) is 3.29. The van der Waals surface area contributed by atoms with Gasteiger partial charge in [-0.05, 0) is 60.3 Å². The number of nitrogens with one attached hydrogen (secondary N) is 2. The molecule has 0 aliphatic carbocycles. The number of aryl methyl sites for hydroxylation is 1. The predicted molar refractivity (Wildman–Crippen MR) is 125 cm³/mol. The van der Waals surface area contributed by atoms with Gasteiger partial charge in [-0.2, -0.15) is 0 Å². The van der Waals surface area contributed by atoms with Gasteiger partial charge >= 0.3 is 0 Å². The van der Waals surface area contributed by atoms with Crippen molar-refractivity contribution in [2.24, 2.45) is 0 Å². The number of pyridine rings is 1. The van der Waals surface area contributed by atoms with Crippen molar-refractivity contribution in [2.75, 3.05) is 16.4 Å². The lowest BCUT2D eigenvalue weighted by molar-refractivity contribution is -0.113. The number of hydrogen-bond donors (Lipinski definition) is 2. The van der Waals surface area contributed by atoms with E-state index in [2.05, 4.69) is 15.6 Å². The minimum Gasteiger partial charge on any atom is -0.325 e. The summed E-state index contributed by atoms with van der Waals surface area (Å²) in [5, 5.41) is 9.52. The van der Waals surface area contributed by atoms with Crippen molar-refractivity contribution in [2.45, 2.75) is 11.9 Å². The number of anilines is 2. The van der Waals surface area contributed by atoms with Gasteiger partial charge in [0.1, 0.15) is 0 Å². The third-order valence-electron chi connectivity index (χ3n) is 4.42. The molecule has 4 aromatic rings. The molecule has 0 aliphatic rings. The number of fused-ring (bicyclic) bond motifs is 1. The zero-order valence-corrected chi connectivity index (χ0v) is 17.8. The molecule has 0 aliphatic heterocycles. The quantitative estimate of drug-likeness (QED) is 0.389. The molecule has 30 heavy (non-hydrogen) atoms. The van der Waals surface area contributed by atoms with Crippen LogP contribution in [0, 0.1) is 6.92 Å². The molecule has 150 valence electrons. The summed E-state index contributed by atoms with van der Waals surface area (Å²) in [7, 11) is 0. The van der Waals surface area contributed by atoms with Crippen LogP contribution >= 0.6 is 23.1 Å². The molecule has 0 atom stereocenters. The Bertz CT molecular complexity index is 1190. The Hall–Kier alpha value is -3.16. The Balaban J connectivity index is 1.32. The third kappa shape index (κ3) is 4.87. The van der Waals surface area contributed by atoms with Gasteiger partial charge in [-0.25, -0.2) is 4.98 Å². The van der Waals surface area contributed by atoms with E-state index in [9.17, 15) is 9.59 Å². The van der Waals surface area contributed by atoms with Crippen LogP contribution < -0.4 is 10.6 Å². The Morgan fingerprint density at radius 1 is 0.967 bits per heavy atom. The maximum Gasteiger partial charge on any atom is 0.265 e. The minimum absolute atomic E-state index is 0.108. The molecule has 7 heteroatoms. The number of carbonyl (C=O) groups excluding carboxylic acids is 2. The van der Waals surface area contributed by atoms with Crippen LogP contribution in [0.15, 0.2) is 77.1 Å². The van der Waals surface area contributed by atoms with Crippen LogP contribution in [0.3, 0.4) is 0 Å². The molecule has 5 nitrogen and oxygen atoms in total. The maximum atomic E-state index is 12.3. The minimum atomic E-state index is -0.142. The van der Waals surface area contributed by atoms with E-state index in [0.29, 0.717) is 16.3 Å². The Labute approximate surface area is 182 Å². The van der Waals surface area contributed by atoms with Crippen LogP contribution in [0.2, 0.25) is 0 Å². The molecular weight excluding hydrogens is 414 g/mol. The molecule has 0 saturated heterocycles. The summed E-state index contributed by atoms with van der Waals surface area (Å²) in [4.78, 5) is 29.7. The molecule has 4 rings (SSSR count). The first-order chi connectivity index (χ1) is 14.6. The lowest BCUT2D eigenvalue weighted by Crippen LogP contribution is -2.14. The van der Waals surface area contributed by atoms with E-state index in [-0.39, 0.29) is 17.6 Å². The van der Waals surface area contributed by atoms with E-state index in [1.165, 1.54) is 23.1 Å². The molecule has 0 radical (unpaired) electrons. The number of benzene rings is 2. The smallest absolute Gasteiger partial charge is 0.265 e. The first-order valence-corrected chi connectivity index (χ1v) is 11.2. The number of carbonyl (C=O) groups is 2. The van der Waals surface area contributed by atoms with Crippen molar-refractivity contribution >= 4 is 57.2 Å². The summed E-state index contributed by atoms with van der Waals surface area (Å²) in [6.07, 6.45) is 0. The lowest BCUT2D eigenvalue weighted by Gasteiger charge is -2.08. The molecule has 2 heterocycles. The number of para-hydroxylation sites is 1. The van der Waals surface area contributed by atoms with Crippen LogP contribution in [0.4, 0.5) is 11.4 Å². The van der Waals surface area contributed by atoms with E-state index in [1.54, 1.807) is 30.3 Å². The number of hydrogen-bond acceptors (Lipinski definition) is 5. The van der Waals surface area contributed by atoms with E-state index in [4.69, 9.17) is 0 Å². The standard InChI is InChI=1S/C23H19N3O2S2/c1-15-13-22(26-19-6-3-2-5-18(15)19)30-14-21(27)24-16-8-10-17(11-9-16)25-23(28)20-7-4-12-29-20/h2-13H,14H2,1H3,(H,24,27)(H,25,28). The lowest BCUT2D eigenvalue weighted by atomic mass is 10.1. The Kier molecular flexibility index (Phi) is 6.11. The zero-order valence-electron chi connectivity index (χ0n) is 16.2. The van der Waals surface area contributed by atoms with Crippen molar-refractivity contribution in [1.82, 2.24) is 4.98 Å². The van der Waals surface area contributed by atoms with Gasteiger partial charge < -0.3 is 10.6 Å². The molecule has 0 bridgehead atoms. The third-order valence-corrected chi connectivity index (χ3v) is 6.20. The fraction of sp³-hybridized carbons (Fsp3) is 0.0870. The number of nitrogens with zero attached hydrogens (tertiary/aromatic N) is 1. The molecule has 0 unspecified atom stereocenters. The first-order valence-electron chi connectivity index (χ1n) is 9.32. The number of thiophene rings is 1. The molecule has 2 N–H and O–H groups in total. The molecular formula is C23H19N3O2S2. The molecule has 0 spiro atoms. The Morgan fingerprint density at radius 2 is 1.70 bits per heavy atom. The van der Waals surface area contributed by atoms with E-state index < -0.39 is 0 Å². The average molecular weight is 434 g/mol. The van der Waals surface area contributed by atoms with Gasteiger partial charge in [0, 0.05) is 16.8 Å². The number of rotatable bonds is 6. The zero-order chi connectivity index (χ0) is 20.9.